The van der Waals surface area contributed by atoms with Gasteiger partial charge in [-0.2, -0.15) is 13.2 Å². The molecule has 0 aliphatic rings. The maximum atomic E-state index is 12.7. The van der Waals surface area contributed by atoms with Crippen LogP contribution in [-0.4, -0.2) is 0 Å². The highest BCUT2D eigenvalue weighted by Gasteiger charge is 2.30. The molecule has 144 valence electrons. The quantitative estimate of drug-likeness (QED) is 0.543. The molecule has 0 radical (unpaired) electrons. The first-order valence-electron chi connectivity index (χ1n) is 8.70. The van der Waals surface area contributed by atoms with Gasteiger partial charge in [-0.05, 0) is 72.2 Å². The van der Waals surface area contributed by atoms with Gasteiger partial charge in [0.05, 0.1) is 5.56 Å². The van der Waals surface area contributed by atoms with Crippen molar-refractivity contribution in [1.82, 2.24) is 0 Å². The molecule has 0 fully saturated rings. The molecule has 0 amide bonds. The molecule has 2 rings (SSSR count). The van der Waals surface area contributed by atoms with Gasteiger partial charge in [0, 0.05) is 10.6 Å². The van der Waals surface area contributed by atoms with E-state index in [4.69, 9.17) is 0 Å². The summed E-state index contributed by atoms with van der Waals surface area (Å²) in [4.78, 5) is 0.780. The molecule has 0 aromatic heterocycles. The Kier molecular flexibility index (Phi) is 7.63. The topological polar surface area (TPSA) is 12.0 Å². The summed E-state index contributed by atoms with van der Waals surface area (Å²) in [6.45, 7) is 14.2. The van der Waals surface area contributed by atoms with Crippen molar-refractivity contribution >= 4 is 17.6 Å². The Morgan fingerprint density at radius 1 is 0.808 bits per heavy atom. The van der Waals surface area contributed by atoms with Crippen LogP contribution in [0, 0.1) is 13.8 Å². The van der Waals surface area contributed by atoms with E-state index >= 15 is 0 Å². The molecule has 0 saturated carbocycles. The Morgan fingerprint density at radius 3 is 1.81 bits per heavy atom. The monoisotopic (exact) mass is 383 g/mol. The third kappa shape index (κ3) is 5.97. The van der Waals surface area contributed by atoms with Crippen LogP contribution in [-0.2, 0) is 11.6 Å². The summed E-state index contributed by atoms with van der Waals surface area (Å²) in [5.74, 6) is 0. The standard InChI is InChI=1S/C19H22F3NS.C2H6/c1-12-10-14(18(3,4)5)6-8-16(12)23-24-17-9-7-15(11-13(17)2)19(20,21)22;1-2/h6-11,23H,1-5H3;1-2H3. The minimum atomic E-state index is -4.30. The number of alkyl halides is 3. The van der Waals surface area contributed by atoms with Crippen LogP contribution in [0.2, 0.25) is 0 Å². The van der Waals surface area contributed by atoms with Gasteiger partial charge in [0.25, 0.3) is 0 Å². The Hall–Kier alpha value is -1.62. The molecule has 1 nitrogen and oxygen atoms in total. The second kappa shape index (κ2) is 8.85. The lowest BCUT2D eigenvalue weighted by atomic mass is 9.86. The molecule has 2 aromatic rings. The average molecular weight is 384 g/mol. The number of hydrogen-bond donors (Lipinski definition) is 1. The van der Waals surface area contributed by atoms with Crippen molar-refractivity contribution in [2.45, 2.75) is 65.0 Å². The van der Waals surface area contributed by atoms with E-state index in [0.717, 1.165) is 22.2 Å². The maximum Gasteiger partial charge on any atom is 0.416 e. The van der Waals surface area contributed by atoms with Crippen LogP contribution in [0.15, 0.2) is 41.3 Å². The molecule has 0 aliphatic carbocycles. The second-order valence-electron chi connectivity index (χ2n) is 6.96. The Labute approximate surface area is 159 Å². The molecule has 0 saturated heterocycles. The fourth-order valence-electron chi connectivity index (χ4n) is 2.29. The summed E-state index contributed by atoms with van der Waals surface area (Å²) in [7, 11) is 0. The van der Waals surface area contributed by atoms with Crippen molar-refractivity contribution in [3.8, 4) is 0 Å². The predicted molar refractivity (Wildman–Crippen MR) is 107 cm³/mol. The SMILES string of the molecule is CC.Cc1cc(C(C)(C)C)ccc1NSc1ccc(C(F)(F)F)cc1C. The van der Waals surface area contributed by atoms with Gasteiger partial charge in [-0.1, -0.05) is 46.8 Å². The van der Waals surface area contributed by atoms with Crippen LogP contribution in [0.1, 0.15) is 56.9 Å². The van der Waals surface area contributed by atoms with Crippen molar-refractivity contribution in [3.05, 3.63) is 58.7 Å². The summed E-state index contributed by atoms with van der Waals surface area (Å²) in [5.41, 5.74) is 3.40. The normalized spacial score (nSPS) is 11.6. The molecule has 0 aliphatic heterocycles. The minimum Gasteiger partial charge on any atom is -0.325 e. The largest absolute Gasteiger partial charge is 0.416 e. The number of nitrogens with one attached hydrogen (secondary N) is 1. The predicted octanol–water partition coefficient (Wildman–Crippen LogP) is 7.77. The molecule has 0 atom stereocenters. The third-order valence-electron chi connectivity index (χ3n) is 3.87. The van der Waals surface area contributed by atoms with Crippen LogP contribution >= 0.6 is 11.9 Å². The summed E-state index contributed by atoms with van der Waals surface area (Å²) < 4.78 is 41.4. The van der Waals surface area contributed by atoms with Crippen LogP contribution in [0.25, 0.3) is 0 Å². The zero-order chi connectivity index (χ0) is 20.1. The van der Waals surface area contributed by atoms with E-state index in [1.54, 1.807) is 6.92 Å². The highest BCUT2D eigenvalue weighted by atomic mass is 32.2. The average Bonchev–Trinajstić information content (AvgIpc) is 2.54. The Balaban J connectivity index is 0.00000163. The molecular weight excluding hydrogens is 355 g/mol. The maximum absolute atomic E-state index is 12.7. The molecule has 0 bridgehead atoms. The lowest BCUT2D eigenvalue weighted by molar-refractivity contribution is -0.137. The van der Waals surface area contributed by atoms with Gasteiger partial charge in [-0.15, -0.1) is 0 Å². The highest BCUT2D eigenvalue weighted by Crippen LogP contribution is 2.34. The lowest BCUT2D eigenvalue weighted by Crippen LogP contribution is -2.11. The van der Waals surface area contributed by atoms with Gasteiger partial charge in [-0.3, -0.25) is 0 Å². The fourth-order valence-corrected chi connectivity index (χ4v) is 3.10. The van der Waals surface area contributed by atoms with Crippen LogP contribution in [0.4, 0.5) is 18.9 Å². The van der Waals surface area contributed by atoms with E-state index in [0.29, 0.717) is 5.56 Å². The zero-order valence-electron chi connectivity index (χ0n) is 16.5. The molecule has 5 heteroatoms. The second-order valence-corrected chi connectivity index (χ2v) is 7.81. The van der Waals surface area contributed by atoms with Gasteiger partial charge in [0.15, 0.2) is 0 Å². The number of halogens is 3. The number of rotatable bonds is 3. The number of anilines is 1. The lowest BCUT2D eigenvalue weighted by Gasteiger charge is -2.21. The molecule has 26 heavy (non-hydrogen) atoms. The zero-order valence-corrected chi connectivity index (χ0v) is 17.3. The number of aryl methyl sites for hydroxylation is 2. The smallest absolute Gasteiger partial charge is 0.325 e. The van der Waals surface area contributed by atoms with Crippen molar-refractivity contribution in [2.24, 2.45) is 0 Å². The van der Waals surface area contributed by atoms with Crippen molar-refractivity contribution in [2.75, 3.05) is 4.72 Å². The molecule has 1 N–H and O–H groups in total. The third-order valence-corrected chi connectivity index (χ3v) is 4.87. The molecule has 0 heterocycles. The van der Waals surface area contributed by atoms with E-state index in [-0.39, 0.29) is 5.41 Å². The minimum absolute atomic E-state index is 0.0838. The molecule has 0 unspecified atom stereocenters. The highest BCUT2D eigenvalue weighted by molar-refractivity contribution is 8.00. The van der Waals surface area contributed by atoms with Crippen LogP contribution in [0.3, 0.4) is 0 Å². The van der Waals surface area contributed by atoms with Gasteiger partial charge in [-0.25, -0.2) is 0 Å². The molecular formula is C21H28F3NS. The Morgan fingerprint density at radius 2 is 1.35 bits per heavy atom. The summed E-state index contributed by atoms with van der Waals surface area (Å²) >= 11 is 1.33. The van der Waals surface area contributed by atoms with Gasteiger partial charge >= 0.3 is 6.18 Å². The summed E-state index contributed by atoms with van der Waals surface area (Å²) in [5, 5.41) is 0. The Bertz CT molecular complexity index is 668. The van der Waals surface area contributed by atoms with E-state index in [2.05, 4.69) is 37.6 Å². The van der Waals surface area contributed by atoms with E-state index in [1.165, 1.54) is 29.6 Å². The van der Waals surface area contributed by atoms with Crippen molar-refractivity contribution in [3.63, 3.8) is 0 Å². The van der Waals surface area contributed by atoms with E-state index < -0.39 is 11.7 Å². The van der Waals surface area contributed by atoms with E-state index in [9.17, 15) is 13.2 Å². The summed E-state index contributed by atoms with van der Waals surface area (Å²) in [6.07, 6.45) is -4.30. The molecule has 2 aromatic carbocycles. The van der Waals surface area contributed by atoms with Crippen LogP contribution < -0.4 is 4.72 Å². The first-order valence-corrected chi connectivity index (χ1v) is 9.52. The first kappa shape index (κ1) is 22.4. The first-order chi connectivity index (χ1) is 12.0. The van der Waals surface area contributed by atoms with E-state index in [1.807, 2.05) is 26.8 Å². The number of benzene rings is 2. The van der Waals surface area contributed by atoms with Crippen molar-refractivity contribution in [1.29, 1.82) is 0 Å². The van der Waals surface area contributed by atoms with Gasteiger partial charge < -0.3 is 4.72 Å². The van der Waals surface area contributed by atoms with Crippen LogP contribution in [0.5, 0.6) is 0 Å². The van der Waals surface area contributed by atoms with Crippen molar-refractivity contribution < 1.29 is 13.2 Å². The summed E-state index contributed by atoms with van der Waals surface area (Å²) in [6, 6.07) is 10.0. The number of hydrogen-bond acceptors (Lipinski definition) is 2. The van der Waals surface area contributed by atoms with Gasteiger partial charge in [0.2, 0.25) is 0 Å². The molecule has 0 spiro atoms. The van der Waals surface area contributed by atoms with Gasteiger partial charge in [0.1, 0.15) is 0 Å². The fraction of sp³-hybridized carbons (Fsp3) is 0.429.